The van der Waals surface area contributed by atoms with Crippen LogP contribution in [0.1, 0.15) is 123 Å². The number of nitrogens with zero attached hydrogens (tertiary/aromatic N) is 5. The van der Waals surface area contributed by atoms with Crippen LogP contribution < -0.4 is 30.7 Å². The van der Waals surface area contributed by atoms with Gasteiger partial charge in [0.25, 0.3) is 0 Å². The van der Waals surface area contributed by atoms with Gasteiger partial charge in [-0.3, -0.25) is 29.3 Å². The first-order chi connectivity index (χ1) is 36.5. The van der Waals surface area contributed by atoms with E-state index in [9.17, 15) is 24.3 Å². The summed E-state index contributed by atoms with van der Waals surface area (Å²) in [4.78, 5) is 57.6. The quantitative estimate of drug-likeness (QED) is 0.0794. The molecule has 0 radical (unpaired) electrons. The van der Waals surface area contributed by atoms with E-state index in [-0.39, 0.29) is 82.6 Å². The van der Waals surface area contributed by atoms with Gasteiger partial charge in [0, 0.05) is 86.6 Å². The van der Waals surface area contributed by atoms with Crippen molar-refractivity contribution in [3.05, 3.63) is 106 Å². The molecule has 0 spiro atoms. The summed E-state index contributed by atoms with van der Waals surface area (Å²) in [5, 5.41) is 21.2. The smallest absolute Gasteiger partial charge is 0.329 e. The van der Waals surface area contributed by atoms with Gasteiger partial charge in [-0.15, -0.1) is 0 Å². The molecule has 1 aromatic heterocycles. The molecule has 4 fully saturated rings. The lowest BCUT2D eigenvalue weighted by Crippen LogP contribution is -2.50. The number of anilines is 1. The second-order valence-electron chi connectivity index (χ2n) is 22.6. The molecule has 404 valence electrons. The van der Waals surface area contributed by atoms with Crippen molar-refractivity contribution in [1.82, 2.24) is 30.2 Å². The SMILES string of the molecule is Cc1c(F)cc2c(c1-c1c(C(N)=O)ccc(OCCO)c1F)[C@H](C)[C@@](CNC1CCC(C(=O)N3CCC(C(C)(C)CN4CCC(c5ccc6c(N7CCC(=O)NC7=O)nn(C)c6c5)CC4)CC3)CC1)(c1ccccc1)O2. The van der Waals surface area contributed by atoms with Gasteiger partial charge in [0.1, 0.15) is 18.2 Å². The fourth-order valence-electron chi connectivity index (χ4n) is 13.3. The van der Waals surface area contributed by atoms with Crippen LogP contribution in [0.15, 0.2) is 66.7 Å². The Morgan fingerprint density at radius 2 is 1.66 bits per heavy atom. The van der Waals surface area contributed by atoms with Crippen molar-refractivity contribution in [2.75, 3.05) is 63.9 Å². The number of imide groups is 1. The molecule has 5 aliphatic rings. The number of likely N-dealkylation sites (tertiary alicyclic amines) is 2. The fourth-order valence-corrected chi connectivity index (χ4v) is 13.3. The molecular formula is C59H72F2N8O7. The fraction of sp³-hybridized carbons (Fsp3) is 0.508. The van der Waals surface area contributed by atoms with Crippen molar-refractivity contribution >= 4 is 40.5 Å². The first kappa shape index (κ1) is 53.0. The molecule has 5 N–H and O–H groups in total. The highest BCUT2D eigenvalue weighted by Gasteiger charge is 2.50. The van der Waals surface area contributed by atoms with Crippen molar-refractivity contribution < 1.29 is 42.5 Å². The largest absolute Gasteiger partial charge is 0.488 e. The Bertz CT molecular complexity index is 3010. The summed E-state index contributed by atoms with van der Waals surface area (Å²) in [6.45, 7) is 13.0. The average molecular weight is 1040 g/mol. The topological polar surface area (TPSA) is 185 Å². The molecule has 5 aromatic rings. The van der Waals surface area contributed by atoms with Crippen molar-refractivity contribution in [3.63, 3.8) is 0 Å². The molecule has 1 saturated carbocycles. The average Bonchev–Trinajstić information content (AvgIpc) is 3.94. The number of amides is 5. The standard InChI is InChI=1S/C59H72F2N8O7/c1-35-45(60)32-48-51(50(35)52-44(54(62)72)17-18-47(53(52)61)75-30-29-70)36(2)59(76-48,41-9-7-6-8-10-41)33-63-42-14-11-38(12-15-42)56(73)68-26-21-40(22-27-68)58(3,4)34-67-24-19-37(20-25-67)39-13-16-43-46(31-39)66(5)65-55(43)69-28-23-49(71)64-57(69)74/h6-10,13,16-18,31-32,36-38,40,42,63,70H,11-12,14-15,19-30,33-34H2,1-5H3,(H2,62,72)(H,64,71,74)/t36-,38?,42?,59-/m0/s1. The highest BCUT2D eigenvalue weighted by Crippen LogP contribution is 2.56. The lowest BCUT2D eigenvalue weighted by molar-refractivity contribution is -0.138. The van der Waals surface area contributed by atoms with Gasteiger partial charge in [-0.25, -0.2) is 13.6 Å². The summed E-state index contributed by atoms with van der Waals surface area (Å²) in [6, 6.07) is 19.8. The number of primary amides is 1. The minimum atomic E-state index is -1.04. The number of urea groups is 1. The summed E-state index contributed by atoms with van der Waals surface area (Å²) in [7, 11) is 1.90. The molecule has 15 nitrogen and oxygen atoms in total. The van der Waals surface area contributed by atoms with Gasteiger partial charge in [-0.1, -0.05) is 57.2 Å². The van der Waals surface area contributed by atoms with Crippen LogP contribution >= 0.6 is 0 Å². The highest BCUT2D eigenvalue weighted by molar-refractivity contribution is 6.09. The molecule has 1 aliphatic carbocycles. The van der Waals surface area contributed by atoms with Crippen LogP contribution in [0.25, 0.3) is 22.0 Å². The number of aliphatic hydroxyl groups excluding tert-OH is 1. The third-order valence-corrected chi connectivity index (χ3v) is 17.7. The first-order valence-electron chi connectivity index (χ1n) is 27.2. The van der Waals surface area contributed by atoms with Crippen LogP contribution in [-0.2, 0) is 22.2 Å². The van der Waals surface area contributed by atoms with Gasteiger partial charge in [-0.05, 0) is 135 Å². The number of rotatable bonds is 15. The zero-order valence-electron chi connectivity index (χ0n) is 44.4. The lowest BCUT2D eigenvalue weighted by Gasteiger charge is -2.45. The third-order valence-electron chi connectivity index (χ3n) is 17.7. The number of halogens is 2. The van der Waals surface area contributed by atoms with Crippen molar-refractivity contribution in [1.29, 1.82) is 0 Å². The zero-order valence-corrected chi connectivity index (χ0v) is 44.4. The van der Waals surface area contributed by atoms with Crippen molar-refractivity contribution in [2.24, 2.45) is 30.0 Å². The predicted octanol–water partition coefficient (Wildman–Crippen LogP) is 8.43. The highest BCUT2D eigenvalue weighted by atomic mass is 19.1. The van der Waals surface area contributed by atoms with Gasteiger partial charge in [-0.2, -0.15) is 5.10 Å². The van der Waals surface area contributed by atoms with E-state index < -0.39 is 35.1 Å². The summed E-state index contributed by atoms with van der Waals surface area (Å²) in [5.41, 5.74) is 8.56. The van der Waals surface area contributed by atoms with Crippen LogP contribution in [0, 0.1) is 35.8 Å². The van der Waals surface area contributed by atoms with Crippen molar-refractivity contribution in [3.8, 4) is 22.6 Å². The molecule has 76 heavy (non-hydrogen) atoms. The molecule has 0 bridgehead atoms. The summed E-state index contributed by atoms with van der Waals surface area (Å²) in [5.74, 6) is -1.32. The minimum Gasteiger partial charge on any atom is -0.488 e. The second kappa shape index (κ2) is 21.5. The normalized spacial score (nSPS) is 22.9. The molecule has 5 amide bonds. The van der Waals surface area contributed by atoms with Crippen LogP contribution in [-0.4, -0.2) is 114 Å². The zero-order chi connectivity index (χ0) is 53.6. The lowest BCUT2D eigenvalue weighted by atomic mass is 9.72. The molecule has 3 saturated heterocycles. The molecule has 10 rings (SSSR count). The number of hydrogen-bond donors (Lipinski definition) is 4. The Labute approximate surface area is 443 Å². The second-order valence-corrected chi connectivity index (χ2v) is 22.6. The number of aryl methyl sites for hydroxylation is 1. The van der Waals surface area contributed by atoms with Gasteiger partial charge >= 0.3 is 6.03 Å². The molecule has 4 aromatic carbocycles. The van der Waals surface area contributed by atoms with Crippen LogP contribution in [0.4, 0.5) is 19.4 Å². The van der Waals surface area contributed by atoms with Crippen LogP contribution in [0.2, 0.25) is 0 Å². The number of piperidine rings is 2. The van der Waals surface area contributed by atoms with Crippen LogP contribution in [0.5, 0.6) is 11.5 Å². The van der Waals surface area contributed by atoms with Gasteiger partial charge in [0.05, 0.1) is 17.7 Å². The summed E-state index contributed by atoms with van der Waals surface area (Å²) in [6.07, 6.45) is 7.49. The van der Waals surface area contributed by atoms with E-state index in [2.05, 4.69) is 57.6 Å². The number of nitrogens with one attached hydrogen (secondary N) is 2. The number of ether oxygens (including phenoxy) is 2. The molecule has 5 heterocycles. The molecule has 4 aliphatic heterocycles. The third kappa shape index (κ3) is 10.1. The monoisotopic (exact) mass is 1040 g/mol. The Kier molecular flexibility index (Phi) is 15.0. The number of nitrogens with two attached hydrogens (primary N) is 1. The molecule has 0 unspecified atom stereocenters. The Hall–Kier alpha value is -6.43. The van der Waals surface area contributed by atoms with E-state index in [1.165, 1.54) is 23.8 Å². The Balaban J connectivity index is 0.732. The van der Waals surface area contributed by atoms with E-state index in [1.807, 2.05) is 49.0 Å². The van der Waals surface area contributed by atoms with Gasteiger partial charge < -0.3 is 35.4 Å². The van der Waals surface area contributed by atoms with Gasteiger partial charge in [0.15, 0.2) is 23.0 Å². The van der Waals surface area contributed by atoms with E-state index in [0.29, 0.717) is 36.3 Å². The van der Waals surface area contributed by atoms with E-state index in [0.717, 1.165) is 101 Å². The first-order valence-corrected chi connectivity index (χ1v) is 27.2. The number of carbonyl (C=O) groups is 4. The van der Waals surface area contributed by atoms with E-state index in [1.54, 1.807) is 11.8 Å². The number of fused-ring (bicyclic) bond motifs is 2. The van der Waals surface area contributed by atoms with Crippen molar-refractivity contribution in [2.45, 2.75) is 109 Å². The maximum atomic E-state index is 16.6. The number of hydrogen-bond acceptors (Lipinski definition) is 10. The minimum absolute atomic E-state index is 0.0401. The molecule has 2 atom stereocenters. The van der Waals surface area contributed by atoms with Gasteiger partial charge in [0.2, 0.25) is 17.7 Å². The van der Waals surface area contributed by atoms with E-state index in [4.69, 9.17) is 15.2 Å². The number of aliphatic hydroxyl groups is 1. The Morgan fingerprint density at radius 1 is 0.934 bits per heavy atom. The van der Waals surface area contributed by atoms with Crippen LogP contribution in [0.3, 0.4) is 0 Å². The molecular weight excluding hydrogens is 971 g/mol. The summed E-state index contributed by atoms with van der Waals surface area (Å²) < 4.78 is 46.8. The van der Waals surface area contributed by atoms with E-state index >= 15 is 8.78 Å². The summed E-state index contributed by atoms with van der Waals surface area (Å²) >= 11 is 0. The molecule has 17 heteroatoms. The maximum absolute atomic E-state index is 16.6. The number of benzene rings is 4. The number of aromatic nitrogens is 2. The predicted molar refractivity (Wildman–Crippen MR) is 286 cm³/mol. The Morgan fingerprint density at radius 3 is 2.34 bits per heavy atom. The maximum Gasteiger partial charge on any atom is 0.329 e. The number of carbonyl (C=O) groups excluding carboxylic acids is 4.